The van der Waals surface area contributed by atoms with E-state index in [9.17, 15) is 14.4 Å². The van der Waals surface area contributed by atoms with E-state index >= 15 is 0 Å². The van der Waals surface area contributed by atoms with Gasteiger partial charge in [0.1, 0.15) is 0 Å². The Hall–Kier alpha value is -4.23. The predicted molar refractivity (Wildman–Crippen MR) is 123 cm³/mol. The molecule has 0 aliphatic heterocycles. The fourth-order valence-corrected chi connectivity index (χ4v) is 3.55. The lowest BCUT2D eigenvalue weighted by Crippen LogP contribution is -2.40. The maximum absolute atomic E-state index is 13.3. The van der Waals surface area contributed by atoms with Crippen LogP contribution < -0.4 is 16.7 Å². The zero-order valence-electron chi connectivity index (χ0n) is 17.1. The highest BCUT2D eigenvalue weighted by molar-refractivity contribution is 5.93. The minimum Gasteiger partial charge on any atom is -0.289 e. The number of carbonyl (C=O) groups is 1. The summed E-state index contributed by atoms with van der Waals surface area (Å²) in [5.74, 6) is -0.613. The van der Waals surface area contributed by atoms with Crippen molar-refractivity contribution in [3.05, 3.63) is 122 Å². The summed E-state index contributed by atoms with van der Waals surface area (Å²) in [4.78, 5) is 37.8. The normalized spacial score (nSPS) is 11.2. The standard InChI is InChI=1S/C25H21N3O4/c29-23(26-32)20-14-12-19(13-15-20)17-28-22-11-5-4-10-21(22)24(30)27(25(28)31)16-6-9-18-7-2-1-3-8-18/h1-15,32H,16-17H2,(H,26,29)/b9-6+. The predicted octanol–water partition coefficient (Wildman–Crippen LogP) is 3.04. The number of para-hydroxylation sites is 1. The number of aromatic nitrogens is 2. The number of amides is 1. The van der Waals surface area contributed by atoms with Gasteiger partial charge in [-0.05, 0) is 35.4 Å². The van der Waals surface area contributed by atoms with Gasteiger partial charge in [-0.2, -0.15) is 0 Å². The second kappa shape index (κ2) is 9.28. The van der Waals surface area contributed by atoms with Gasteiger partial charge in [-0.15, -0.1) is 0 Å². The molecule has 1 aromatic heterocycles. The average Bonchev–Trinajstić information content (AvgIpc) is 2.84. The average molecular weight is 427 g/mol. The molecule has 0 aliphatic rings. The van der Waals surface area contributed by atoms with Crippen LogP contribution in [-0.2, 0) is 13.1 Å². The number of nitrogens with zero attached hydrogens (tertiary/aromatic N) is 2. The topological polar surface area (TPSA) is 93.3 Å². The molecule has 7 heteroatoms. The summed E-state index contributed by atoms with van der Waals surface area (Å²) in [5, 5.41) is 9.22. The van der Waals surface area contributed by atoms with Crippen LogP contribution in [0.15, 0.2) is 94.5 Å². The number of allylic oxidation sites excluding steroid dienone is 1. The van der Waals surface area contributed by atoms with E-state index in [1.165, 1.54) is 4.57 Å². The highest BCUT2D eigenvalue weighted by Gasteiger charge is 2.13. The lowest BCUT2D eigenvalue weighted by atomic mass is 10.1. The largest absolute Gasteiger partial charge is 0.332 e. The van der Waals surface area contributed by atoms with Gasteiger partial charge in [0.05, 0.1) is 17.4 Å². The Kier molecular flexibility index (Phi) is 6.10. The molecule has 160 valence electrons. The second-order valence-corrected chi connectivity index (χ2v) is 7.25. The zero-order valence-corrected chi connectivity index (χ0v) is 17.1. The van der Waals surface area contributed by atoms with Crippen LogP contribution in [0.1, 0.15) is 21.5 Å². The molecule has 0 atom stereocenters. The van der Waals surface area contributed by atoms with Gasteiger partial charge in [0.2, 0.25) is 0 Å². The van der Waals surface area contributed by atoms with Crippen LogP contribution in [0.2, 0.25) is 0 Å². The molecule has 0 unspecified atom stereocenters. The van der Waals surface area contributed by atoms with Gasteiger partial charge >= 0.3 is 5.69 Å². The molecule has 1 amide bonds. The van der Waals surface area contributed by atoms with Crippen LogP contribution in [0.4, 0.5) is 0 Å². The minimum absolute atomic E-state index is 0.146. The van der Waals surface area contributed by atoms with E-state index < -0.39 is 11.6 Å². The van der Waals surface area contributed by atoms with Crippen molar-refractivity contribution >= 4 is 22.9 Å². The number of hydroxylamine groups is 1. The van der Waals surface area contributed by atoms with Gasteiger partial charge in [0.15, 0.2) is 0 Å². The van der Waals surface area contributed by atoms with E-state index in [0.29, 0.717) is 16.5 Å². The molecule has 0 spiro atoms. The lowest BCUT2D eigenvalue weighted by molar-refractivity contribution is 0.0706. The number of nitrogens with one attached hydrogen (secondary N) is 1. The number of carbonyl (C=O) groups excluding carboxylic acids is 1. The van der Waals surface area contributed by atoms with Crippen molar-refractivity contribution in [2.24, 2.45) is 0 Å². The molecule has 0 saturated carbocycles. The molecule has 0 bridgehead atoms. The van der Waals surface area contributed by atoms with Crippen LogP contribution in [0.5, 0.6) is 0 Å². The number of hydrogen-bond donors (Lipinski definition) is 2. The summed E-state index contributed by atoms with van der Waals surface area (Å²) in [6.07, 6.45) is 3.66. The number of fused-ring (bicyclic) bond motifs is 1. The maximum atomic E-state index is 13.3. The summed E-state index contributed by atoms with van der Waals surface area (Å²) in [6, 6.07) is 23.2. The molecule has 4 rings (SSSR count). The Labute approximate surface area is 183 Å². The zero-order chi connectivity index (χ0) is 22.5. The van der Waals surface area contributed by atoms with Crippen LogP contribution in [0, 0.1) is 0 Å². The third kappa shape index (κ3) is 4.28. The van der Waals surface area contributed by atoms with Crippen molar-refractivity contribution in [2.45, 2.75) is 13.1 Å². The van der Waals surface area contributed by atoms with E-state index in [-0.39, 0.29) is 18.6 Å². The third-order valence-electron chi connectivity index (χ3n) is 5.19. The molecule has 32 heavy (non-hydrogen) atoms. The van der Waals surface area contributed by atoms with Crippen molar-refractivity contribution < 1.29 is 10.0 Å². The van der Waals surface area contributed by atoms with Crippen LogP contribution >= 0.6 is 0 Å². The molecule has 1 heterocycles. The summed E-state index contributed by atoms with van der Waals surface area (Å²) < 4.78 is 2.77. The summed E-state index contributed by atoms with van der Waals surface area (Å²) in [5.41, 5.74) is 3.43. The van der Waals surface area contributed by atoms with Crippen molar-refractivity contribution in [1.82, 2.24) is 14.6 Å². The first-order valence-corrected chi connectivity index (χ1v) is 10.1. The SMILES string of the molecule is O=C(NO)c1ccc(Cn2c(=O)n(C/C=C/c3ccccc3)c(=O)c3ccccc32)cc1. The first kappa shape index (κ1) is 21.0. The lowest BCUT2D eigenvalue weighted by Gasteiger charge is -2.13. The fourth-order valence-electron chi connectivity index (χ4n) is 3.55. The van der Waals surface area contributed by atoms with Gasteiger partial charge in [0.25, 0.3) is 11.5 Å². The minimum atomic E-state index is -0.613. The molecule has 0 radical (unpaired) electrons. The van der Waals surface area contributed by atoms with Crippen molar-refractivity contribution in [3.8, 4) is 0 Å². The molecular formula is C25H21N3O4. The molecular weight excluding hydrogens is 406 g/mol. The molecule has 7 nitrogen and oxygen atoms in total. The first-order chi connectivity index (χ1) is 15.6. The second-order valence-electron chi connectivity index (χ2n) is 7.25. The van der Waals surface area contributed by atoms with E-state index in [4.69, 9.17) is 5.21 Å². The highest BCUT2D eigenvalue weighted by atomic mass is 16.5. The summed E-state index contributed by atoms with van der Waals surface area (Å²) in [6.45, 7) is 0.371. The quantitative estimate of drug-likeness (QED) is 0.365. The van der Waals surface area contributed by atoms with Crippen molar-refractivity contribution in [3.63, 3.8) is 0 Å². The van der Waals surface area contributed by atoms with Crippen LogP contribution in [0.25, 0.3) is 17.0 Å². The molecule has 2 N–H and O–H groups in total. The summed E-state index contributed by atoms with van der Waals surface area (Å²) >= 11 is 0. The molecule has 0 fully saturated rings. The molecule has 0 aliphatic carbocycles. The molecule has 4 aromatic rings. The van der Waals surface area contributed by atoms with E-state index in [1.807, 2.05) is 36.4 Å². The van der Waals surface area contributed by atoms with Crippen molar-refractivity contribution in [2.75, 3.05) is 0 Å². The Morgan fingerprint density at radius 2 is 1.56 bits per heavy atom. The Bertz CT molecular complexity index is 1400. The summed E-state index contributed by atoms with van der Waals surface area (Å²) in [7, 11) is 0. The first-order valence-electron chi connectivity index (χ1n) is 10.1. The fraction of sp³-hybridized carbons (Fsp3) is 0.0800. The maximum Gasteiger partial charge on any atom is 0.332 e. The van der Waals surface area contributed by atoms with Crippen molar-refractivity contribution in [1.29, 1.82) is 0 Å². The van der Waals surface area contributed by atoms with Crippen LogP contribution in [0.3, 0.4) is 0 Å². The van der Waals surface area contributed by atoms with Gasteiger partial charge < -0.3 is 0 Å². The monoisotopic (exact) mass is 427 g/mol. The van der Waals surface area contributed by atoms with E-state index in [1.54, 1.807) is 64.7 Å². The highest BCUT2D eigenvalue weighted by Crippen LogP contribution is 2.12. The Morgan fingerprint density at radius 1 is 0.875 bits per heavy atom. The van der Waals surface area contributed by atoms with Gasteiger partial charge in [0, 0.05) is 12.1 Å². The molecule has 3 aromatic carbocycles. The van der Waals surface area contributed by atoms with Gasteiger partial charge in [-0.3, -0.25) is 23.9 Å². The van der Waals surface area contributed by atoms with Gasteiger partial charge in [-0.1, -0.05) is 66.7 Å². The van der Waals surface area contributed by atoms with Gasteiger partial charge in [-0.25, -0.2) is 10.3 Å². The van der Waals surface area contributed by atoms with E-state index in [2.05, 4.69) is 0 Å². The van der Waals surface area contributed by atoms with Crippen LogP contribution in [-0.4, -0.2) is 20.2 Å². The number of hydrogen-bond acceptors (Lipinski definition) is 4. The Morgan fingerprint density at radius 3 is 2.28 bits per heavy atom. The van der Waals surface area contributed by atoms with E-state index in [0.717, 1.165) is 11.1 Å². The third-order valence-corrected chi connectivity index (χ3v) is 5.19. The number of rotatable bonds is 6. The Balaban J connectivity index is 1.73. The molecule has 0 saturated heterocycles. The smallest absolute Gasteiger partial charge is 0.289 e. The number of benzene rings is 3.